The summed E-state index contributed by atoms with van der Waals surface area (Å²) < 4.78 is 73.0. The molecule has 1 rings (SSSR count). The van der Waals surface area contributed by atoms with Crippen molar-refractivity contribution in [3.63, 3.8) is 0 Å². The molecule has 0 nitrogen and oxygen atoms in total. The van der Waals surface area contributed by atoms with Crippen LogP contribution < -0.4 is 0 Å². The van der Waals surface area contributed by atoms with Gasteiger partial charge in [0.15, 0.2) is 11.6 Å². The van der Waals surface area contributed by atoms with E-state index in [-0.39, 0.29) is 6.07 Å². The second kappa shape index (κ2) is 3.55. The van der Waals surface area contributed by atoms with E-state index in [9.17, 15) is 26.1 Å². The first-order chi connectivity index (χ1) is 6.29. The van der Waals surface area contributed by atoms with Crippen LogP contribution in [0.2, 0.25) is 0 Å². The van der Waals surface area contributed by atoms with Crippen molar-refractivity contribution in [2.45, 2.75) is 6.32 Å². The van der Waals surface area contributed by atoms with Crippen LogP contribution >= 0.6 is 0 Å². The predicted octanol–water partition coefficient (Wildman–Crippen LogP) is 3.03. The average molecular weight is 213 g/mol. The number of benzene rings is 1. The Morgan fingerprint density at radius 1 is 1.00 bits per heavy atom. The predicted molar refractivity (Wildman–Crippen MR) is 39.1 cm³/mol. The first-order valence-corrected chi connectivity index (χ1v) is 3.64. The Morgan fingerprint density at radius 3 is 2.07 bits per heavy atom. The molecular formula is C7H4BF6-. The van der Waals surface area contributed by atoms with Crippen LogP contribution in [0.1, 0.15) is 5.56 Å². The zero-order valence-electron chi connectivity index (χ0n) is 6.71. The maximum absolute atomic E-state index is 12.7. The van der Waals surface area contributed by atoms with Crippen LogP contribution in [0.5, 0.6) is 0 Å². The smallest absolute Gasteiger partial charge is 0.449 e. The van der Waals surface area contributed by atoms with Crippen molar-refractivity contribution in [3.8, 4) is 0 Å². The Bertz CT molecular complexity index is 345. The molecule has 0 bridgehead atoms. The van der Waals surface area contributed by atoms with Crippen molar-refractivity contribution in [2.75, 3.05) is 0 Å². The van der Waals surface area contributed by atoms with Gasteiger partial charge in [0.25, 0.3) is 0 Å². The Labute approximate surface area is 75.6 Å². The van der Waals surface area contributed by atoms with E-state index in [2.05, 4.69) is 0 Å². The van der Waals surface area contributed by atoms with Gasteiger partial charge in [-0.05, 0) is 11.6 Å². The van der Waals surface area contributed by atoms with E-state index in [0.29, 0.717) is 6.07 Å². The maximum Gasteiger partial charge on any atom is 0.482 e. The highest BCUT2D eigenvalue weighted by Crippen LogP contribution is 2.21. The van der Waals surface area contributed by atoms with E-state index in [0.717, 1.165) is 0 Å². The molecule has 0 heterocycles. The van der Waals surface area contributed by atoms with Crippen molar-refractivity contribution in [1.29, 1.82) is 0 Å². The molecule has 0 aliphatic heterocycles. The van der Waals surface area contributed by atoms with E-state index in [4.69, 9.17) is 0 Å². The van der Waals surface area contributed by atoms with Gasteiger partial charge in [0.1, 0.15) is 5.82 Å². The van der Waals surface area contributed by atoms with Gasteiger partial charge in [0.05, 0.1) is 0 Å². The quantitative estimate of drug-likeness (QED) is 0.402. The van der Waals surface area contributed by atoms with E-state index >= 15 is 0 Å². The SMILES string of the molecule is Fc1cc(F)c(F)c(C[B-](F)(F)F)c1. The minimum Gasteiger partial charge on any atom is -0.449 e. The molecule has 0 amide bonds. The molecule has 1 aromatic carbocycles. The molecule has 0 aromatic heterocycles. The summed E-state index contributed by atoms with van der Waals surface area (Å²) in [6.45, 7) is -5.30. The zero-order chi connectivity index (χ0) is 10.9. The van der Waals surface area contributed by atoms with Crippen LogP contribution in [0.15, 0.2) is 12.1 Å². The van der Waals surface area contributed by atoms with Gasteiger partial charge < -0.3 is 12.9 Å². The lowest BCUT2D eigenvalue weighted by Gasteiger charge is -2.14. The summed E-state index contributed by atoms with van der Waals surface area (Å²) in [4.78, 5) is 0. The lowest BCUT2D eigenvalue weighted by Crippen LogP contribution is -2.20. The lowest BCUT2D eigenvalue weighted by atomic mass is 9.81. The number of halogens is 6. The molecule has 0 saturated carbocycles. The van der Waals surface area contributed by atoms with Gasteiger partial charge in [-0.3, -0.25) is 0 Å². The summed E-state index contributed by atoms with van der Waals surface area (Å²) in [6, 6.07) is 0.538. The zero-order valence-corrected chi connectivity index (χ0v) is 6.71. The fourth-order valence-electron chi connectivity index (χ4n) is 1.01. The minimum absolute atomic E-state index is 0.197. The Balaban J connectivity index is 3.09. The number of hydrogen-bond donors (Lipinski definition) is 0. The largest absolute Gasteiger partial charge is 0.482 e. The molecule has 0 radical (unpaired) electrons. The third-order valence-corrected chi connectivity index (χ3v) is 1.52. The molecular weight excluding hydrogens is 209 g/mol. The highest BCUT2D eigenvalue weighted by molar-refractivity contribution is 6.57. The molecule has 0 atom stereocenters. The molecule has 0 unspecified atom stereocenters. The summed E-state index contributed by atoms with van der Waals surface area (Å²) in [5.41, 5.74) is -1.00. The standard InChI is InChI=1S/C7H4BF6/c9-5-1-4(3-8(12,13)14)7(11)6(10)2-5/h1-2H,3H2/q-1. The normalized spacial score (nSPS) is 11.9. The first kappa shape index (κ1) is 10.9. The number of rotatable bonds is 2. The molecule has 0 saturated heterocycles. The molecule has 0 aliphatic carbocycles. The molecule has 1 aromatic rings. The molecule has 0 N–H and O–H groups in total. The van der Waals surface area contributed by atoms with Gasteiger partial charge >= 0.3 is 6.98 Å². The monoisotopic (exact) mass is 213 g/mol. The van der Waals surface area contributed by atoms with Gasteiger partial charge in [-0.15, -0.1) is 0 Å². The summed E-state index contributed by atoms with van der Waals surface area (Å²) in [7, 11) is 0. The van der Waals surface area contributed by atoms with Crippen molar-refractivity contribution in [2.24, 2.45) is 0 Å². The van der Waals surface area contributed by atoms with Crippen LogP contribution in [-0.2, 0) is 6.32 Å². The molecule has 0 spiro atoms. The van der Waals surface area contributed by atoms with Crippen molar-refractivity contribution < 1.29 is 26.1 Å². The van der Waals surface area contributed by atoms with Crippen LogP contribution in [0.25, 0.3) is 0 Å². The van der Waals surface area contributed by atoms with E-state index in [1.165, 1.54) is 0 Å². The average Bonchev–Trinajstić information content (AvgIpc) is 1.96. The van der Waals surface area contributed by atoms with Crippen LogP contribution in [-0.4, -0.2) is 6.98 Å². The summed E-state index contributed by atoms with van der Waals surface area (Å²) in [6.07, 6.45) is -1.62. The topological polar surface area (TPSA) is 0 Å². The number of hydrogen-bond acceptors (Lipinski definition) is 0. The fraction of sp³-hybridized carbons (Fsp3) is 0.143. The lowest BCUT2D eigenvalue weighted by molar-refractivity contribution is 0.454. The summed E-state index contributed by atoms with van der Waals surface area (Å²) in [5, 5.41) is 0. The van der Waals surface area contributed by atoms with Gasteiger partial charge in [-0.25, -0.2) is 13.2 Å². The van der Waals surface area contributed by atoms with E-state index in [1.54, 1.807) is 0 Å². The van der Waals surface area contributed by atoms with Gasteiger partial charge in [0, 0.05) is 6.07 Å². The molecule has 14 heavy (non-hydrogen) atoms. The van der Waals surface area contributed by atoms with Gasteiger partial charge in [-0.1, -0.05) is 6.32 Å². The molecule has 0 aliphatic rings. The third kappa shape index (κ3) is 2.68. The third-order valence-electron chi connectivity index (χ3n) is 1.52. The van der Waals surface area contributed by atoms with E-state index < -0.39 is 36.3 Å². The summed E-state index contributed by atoms with van der Waals surface area (Å²) in [5.74, 6) is -4.48. The van der Waals surface area contributed by atoms with Crippen LogP contribution in [0, 0.1) is 17.5 Å². The van der Waals surface area contributed by atoms with Crippen molar-refractivity contribution in [1.82, 2.24) is 0 Å². The Morgan fingerprint density at radius 2 is 1.57 bits per heavy atom. The van der Waals surface area contributed by atoms with E-state index in [1.807, 2.05) is 0 Å². The highest BCUT2D eigenvalue weighted by Gasteiger charge is 2.26. The fourth-order valence-corrected chi connectivity index (χ4v) is 1.01. The Hall–Kier alpha value is -1.14. The minimum atomic E-state index is -5.30. The second-order valence-electron chi connectivity index (χ2n) is 2.78. The first-order valence-electron chi connectivity index (χ1n) is 3.64. The van der Waals surface area contributed by atoms with Gasteiger partial charge in [0.2, 0.25) is 0 Å². The molecule has 78 valence electrons. The van der Waals surface area contributed by atoms with Crippen molar-refractivity contribution in [3.05, 3.63) is 35.1 Å². The highest BCUT2D eigenvalue weighted by atomic mass is 19.4. The summed E-state index contributed by atoms with van der Waals surface area (Å²) >= 11 is 0. The maximum atomic E-state index is 12.7. The van der Waals surface area contributed by atoms with Crippen LogP contribution in [0.3, 0.4) is 0 Å². The second-order valence-corrected chi connectivity index (χ2v) is 2.78. The van der Waals surface area contributed by atoms with Gasteiger partial charge in [-0.2, -0.15) is 0 Å². The van der Waals surface area contributed by atoms with Crippen molar-refractivity contribution >= 4 is 6.98 Å². The molecule has 0 fully saturated rings. The Kier molecular flexibility index (Phi) is 2.77. The molecule has 7 heteroatoms. The van der Waals surface area contributed by atoms with Crippen LogP contribution in [0.4, 0.5) is 26.1 Å².